The van der Waals surface area contributed by atoms with Gasteiger partial charge in [-0.1, -0.05) is 26.0 Å². The maximum Gasteiger partial charge on any atom is 0.167 e. The van der Waals surface area contributed by atoms with Crippen LogP contribution in [-0.4, -0.2) is 48.1 Å². The molecule has 29 heavy (non-hydrogen) atoms. The van der Waals surface area contributed by atoms with E-state index in [1.54, 1.807) is 12.1 Å². The first-order chi connectivity index (χ1) is 13.4. The Morgan fingerprint density at radius 1 is 1.07 bits per heavy atom. The summed E-state index contributed by atoms with van der Waals surface area (Å²) in [4.78, 5) is 14.6. The summed E-state index contributed by atoms with van der Waals surface area (Å²) >= 11 is 0. The molecule has 0 aliphatic heterocycles. The van der Waals surface area contributed by atoms with Crippen LogP contribution >= 0.6 is 12.4 Å². The van der Waals surface area contributed by atoms with E-state index in [0.29, 0.717) is 13.0 Å². The van der Waals surface area contributed by atoms with E-state index in [9.17, 15) is 18.7 Å². The Hall–Kier alpha value is -2.02. The third kappa shape index (κ3) is 8.09. The highest BCUT2D eigenvalue weighted by molar-refractivity contribution is 5.98. The van der Waals surface area contributed by atoms with Crippen LogP contribution in [0.15, 0.2) is 42.5 Å². The summed E-state index contributed by atoms with van der Waals surface area (Å²) in [7, 11) is 0. The predicted molar refractivity (Wildman–Crippen MR) is 112 cm³/mol. The molecule has 0 fully saturated rings. The highest BCUT2D eigenvalue weighted by atomic mass is 35.5. The molecule has 2 aromatic carbocycles. The molecule has 160 valence electrons. The number of ketones is 1. The SMILES string of the molecule is CCN(CC)CC(O)COc1ccc(F)cc1C(=O)CCc1ccc(F)cc1.Cl. The molecule has 1 N–H and O–H groups in total. The Balaban J connectivity index is 0.00000420. The molecule has 0 radical (unpaired) electrons. The van der Waals surface area contributed by atoms with Gasteiger partial charge in [0.15, 0.2) is 5.78 Å². The smallest absolute Gasteiger partial charge is 0.167 e. The fourth-order valence-electron chi connectivity index (χ4n) is 2.91. The number of ether oxygens (including phenoxy) is 1. The summed E-state index contributed by atoms with van der Waals surface area (Å²) in [5.41, 5.74) is 0.973. The number of likely N-dealkylation sites (N-methyl/N-ethyl adjacent to an activating group) is 1. The molecule has 2 rings (SSSR count). The molecule has 0 heterocycles. The van der Waals surface area contributed by atoms with Crippen LogP contribution in [0.2, 0.25) is 0 Å². The summed E-state index contributed by atoms with van der Waals surface area (Å²) in [6, 6.07) is 9.71. The number of hydrogen-bond acceptors (Lipinski definition) is 4. The maximum absolute atomic E-state index is 13.7. The molecular formula is C22H28ClF2NO3. The van der Waals surface area contributed by atoms with Gasteiger partial charge in [-0.2, -0.15) is 0 Å². The fourth-order valence-corrected chi connectivity index (χ4v) is 2.91. The number of benzene rings is 2. The van der Waals surface area contributed by atoms with Crippen molar-refractivity contribution in [2.45, 2.75) is 32.8 Å². The van der Waals surface area contributed by atoms with Crippen LogP contribution in [0.5, 0.6) is 5.75 Å². The van der Waals surface area contributed by atoms with E-state index in [2.05, 4.69) is 4.90 Å². The van der Waals surface area contributed by atoms with Gasteiger partial charge in [-0.15, -0.1) is 12.4 Å². The predicted octanol–water partition coefficient (Wildman–Crippen LogP) is 4.28. The number of carbonyl (C=O) groups is 1. The van der Waals surface area contributed by atoms with Crippen LogP contribution in [0.4, 0.5) is 8.78 Å². The number of rotatable bonds is 11. The van der Waals surface area contributed by atoms with Crippen LogP contribution in [-0.2, 0) is 6.42 Å². The normalized spacial score (nSPS) is 11.8. The van der Waals surface area contributed by atoms with E-state index >= 15 is 0 Å². The Labute approximate surface area is 176 Å². The Bertz CT molecular complexity index is 767. The Kier molecular flexibility index (Phi) is 10.8. The van der Waals surface area contributed by atoms with Crippen molar-refractivity contribution in [3.8, 4) is 5.75 Å². The van der Waals surface area contributed by atoms with Crippen molar-refractivity contribution in [2.24, 2.45) is 0 Å². The van der Waals surface area contributed by atoms with Crippen LogP contribution in [0, 0.1) is 11.6 Å². The Morgan fingerprint density at radius 2 is 1.69 bits per heavy atom. The summed E-state index contributed by atoms with van der Waals surface area (Å²) < 4.78 is 32.3. The largest absolute Gasteiger partial charge is 0.490 e. The van der Waals surface area contributed by atoms with Crippen molar-refractivity contribution < 1.29 is 23.4 Å². The molecular weight excluding hydrogens is 400 g/mol. The molecule has 0 aromatic heterocycles. The van der Waals surface area contributed by atoms with Crippen LogP contribution in [0.3, 0.4) is 0 Å². The first kappa shape index (κ1) is 25.0. The summed E-state index contributed by atoms with van der Waals surface area (Å²) in [5.74, 6) is -0.874. The van der Waals surface area contributed by atoms with Crippen molar-refractivity contribution >= 4 is 18.2 Å². The highest BCUT2D eigenvalue weighted by Crippen LogP contribution is 2.22. The number of aliphatic hydroxyl groups excluding tert-OH is 1. The van der Waals surface area contributed by atoms with Gasteiger partial charge in [0.2, 0.25) is 0 Å². The highest BCUT2D eigenvalue weighted by Gasteiger charge is 2.16. The van der Waals surface area contributed by atoms with Crippen molar-refractivity contribution in [3.63, 3.8) is 0 Å². The van der Waals surface area contributed by atoms with E-state index < -0.39 is 11.9 Å². The maximum atomic E-state index is 13.7. The number of aliphatic hydroxyl groups is 1. The van der Waals surface area contributed by atoms with E-state index in [1.807, 2.05) is 13.8 Å². The van der Waals surface area contributed by atoms with Gasteiger partial charge in [0.05, 0.1) is 5.56 Å². The van der Waals surface area contributed by atoms with E-state index in [4.69, 9.17) is 4.74 Å². The molecule has 0 amide bonds. The van der Waals surface area contributed by atoms with Crippen LogP contribution in [0.25, 0.3) is 0 Å². The average molecular weight is 428 g/mol. The topological polar surface area (TPSA) is 49.8 Å². The number of nitrogens with zero attached hydrogens (tertiary/aromatic N) is 1. The lowest BCUT2D eigenvalue weighted by molar-refractivity contribution is 0.0706. The minimum absolute atomic E-state index is 0. The number of halogens is 3. The molecule has 0 saturated carbocycles. The van der Waals surface area contributed by atoms with E-state index in [0.717, 1.165) is 24.7 Å². The zero-order chi connectivity index (χ0) is 20.5. The van der Waals surface area contributed by atoms with Crippen molar-refractivity contribution in [1.82, 2.24) is 4.90 Å². The van der Waals surface area contributed by atoms with Gasteiger partial charge in [0, 0.05) is 13.0 Å². The zero-order valence-electron chi connectivity index (χ0n) is 16.7. The van der Waals surface area contributed by atoms with Gasteiger partial charge < -0.3 is 14.7 Å². The zero-order valence-corrected chi connectivity index (χ0v) is 17.6. The van der Waals surface area contributed by atoms with Gasteiger partial charge in [0.25, 0.3) is 0 Å². The minimum atomic E-state index is -0.716. The molecule has 4 nitrogen and oxygen atoms in total. The standard InChI is InChI=1S/C22H27F2NO3.ClH/c1-3-25(4-2)14-19(26)15-28-22-12-10-18(24)13-20(22)21(27)11-7-16-5-8-17(23)9-6-16;/h5-6,8-10,12-13,19,26H,3-4,7,11,14-15H2,1-2H3;1H. The summed E-state index contributed by atoms with van der Waals surface area (Å²) in [6.07, 6.45) is -0.153. The molecule has 7 heteroatoms. The van der Waals surface area contributed by atoms with Crippen molar-refractivity contribution in [2.75, 3.05) is 26.2 Å². The summed E-state index contributed by atoms with van der Waals surface area (Å²) in [6.45, 7) is 6.13. The second kappa shape index (κ2) is 12.5. The van der Waals surface area contributed by atoms with E-state index in [-0.39, 0.29) is 48.3 Å². The number of carbonyl (C=O) groups excluding carboxylic acids is 1. The van der Waals surface area contributed by atoms with Crippen molar-refractivity contribution in [3.05, 3.63) is 65.2 Å². The van der Waals surface area contributed by atoms with Gasteiger partial charge in [-0.05, 0) is 55.4 Å². The van der Waals surface area contributed by atoms with Gasteiger partial charge in [-0.25, -0.2) is 8.78 Å². The molecule has 0 aliphatic carbocycles. The van der Waals surface area contributed by atoms with Crippen molar-refractivity contribution in [1.29, 1.82) is 0 Å². The fraction of sp³-hybridized carbons (Fsp3) is 0.409. The first-order valence-corrected chi connectivity index (χ1v) is 9.53. The van der Waals surface area contributed by atoms with E-state index in [1.165, 1.54) is 24.3 Å². The minimum Gasteiger partial charge on any atom is -0.490 e. The van der Waals surface area contributed by atoms with Gasteiger partial charge in [0.1, 0.15) is 30.1 Å². The third-order valence-corrected chi connectivity index (χ3v) is 4.59. The molecule has 0 aliphatic rings. The number of aryl methyl sites for hydroxylation is 1. The summed E-state index contributed by atoms with van der Waals surface area (Å²) in [5, 5.41) is 10.1. The molecule has 0 saturated heterocycles. The second-order valence-electron chi connectivity index (χ2n) is 6.64. The quantitative estimate of drug-likeness (QED) is 0.544. The molecule has 2 aromatic rings. The monoisotopic (exact) mass is 427 g/mol. The lowest BCUT2D eigenvalue weighted by Crippen LogP contribution is -2.35. The molecule has 0 bridgehead atoms. The van der Waals surface area contributed by atoms with Crippen LogP contribution < -0.4 is 4.74 Å². The Morgan fingerprint density at radius 3 is 2.31 bits per heavy atom. The first-order valence-electron chi connectivity index (χ1n) is 9.53. The lowest BCUT2D eigenvalue weighted by Gasteiger charge is -2.22. The lowest BCUT2D eigenvalue weighted by atomic mass is 10.0. The average Bonchev–Trinajstić information content (AvgIpc) is 2.70. The number of hydrogen-bond donors (Lipinski definition) is 1. The van der Waals surface area contributed by atoms with Gasteiger partial charge >= 0.3 is 0 Å². The molecule has 0 spiro atoms. The number of Topliss-reactive ketones (excluding diaryl/α,β-unsaturated/α-hetero) is 1. The van der Waals surface area contributed by atoms with Gasteiger partial charge in [-0.3, -0.25) is 4.79 Å². The molecule has 1 unspecified atom stereocenters. The molecule has 1 atom stereocenters. The second-order valence-corrected chi connectivity index (χ2v) is 6.64. The third-order valence-electron chi connectivity index (χ3n) is 4.59. The van der Waals surface area contributed by atoms with Crippen LogP contribution in [0.1, 0.15) is 36.2 Å².